The highest BCUT2D eigenvalue weighted by atomic mass is 35.5. The number of rotatable bonds is 9. The molecular formula is C31H31ClN6O4. The Hall–Kier alpha value is -4.72. The van der Waals surface area contributed by atoms with E-state index in [0.29, 0.717) is 17.3 Å². The predicted octanol–water partition coefficient (Wildman–Crippen LogP) is 6.59. The summed E-state index contributed by atoms with van der Waals surface area (Å²) in [5, 5.41) is 20.1. The van der Waals surface area contributed by atoms with Gasteiger partial charge in [-0.05, 0) is 37.3 Å². The van der Waals surface area contributed by atoms with E-state index in [0.717, 1.165) is 16.9 Å². The first kappa shape index (κ1) is 30.2. The van der Waals surface area contributed by atoms with Gasteiger partial charge in [-0.2, -0.15) is 10.4 Å². The molecule has 2 aromatic heterocycles. The Kier molecular flexibility index (Phi) is 9.25. The highest BCUT2D eigenvalue weighted by Gasteiger charge is 2.22. The van der Waals surface area contributed by atoms with Crippen molar-refractivity contribution in [1.82, 2.24) is 14.8 Å². The summed E-state index contributed by atoms with van der Waals surface area (Å²) in [5.41, 5.74) is 3.18. The number of nitrogens with zero attached hydrogens (tertiary/aromatic N) is 4. The number of nitrogens with one attached hydrogen (secondary N) is 2. The van der Waals surface area contributed by atoms with Crippen molar-refractivity contribution >= 4 is 34.9 Å². The largest absolute Gasteiger partial charge is 0.456 e. The lowest BCUT2D eigenvalue weighted by Crippen LogP contribution is -2.21. The number of carbonyl (C=O) groups excluding carboxylic acids is 2. The zero-order valence-electron chi connectivity index (χ0n) is 24.0. The number of anilines is 2. The number of carbonyl (C=O) groups is 2. The number of amides is 2. The van der Waals surface area contributed by atoms with E-state index in [4.69, 9.17) is 26.2 Å². The summed E-state index contributed by atoms with van der Waals surface area (Å²) in [5.74, 6) is 0.889. The molecule has 216 valence electrons. The van der Waals surface area contributed by atoms with E-state index in [1.807, 2.05) is 64.1 Å². The van der Waals surface area contributed by atoms with Crippen LogP contribution in [-0.2, 0) is 21.4 Å². The third-order valence-electron chi connectivity index (χ3n) is 6.16. The number of benzene rings is 2. The molecule has 0 spiro atoms. The highest BCUT2D eigenvalue weighted by Crippen LogP contribution is 2.35. The second kappa shape index (κ2) is 12.9. The van der Waals surface area contributed by atoms with E-state index in [1.165, 1.54) is 19.4 Å². The molecule has 0 saturated carbocycles. The van der Waals surface area contributed by atoms with Crippen molar-refractivity contribution in [1.29, 1.82) is 5.26 Å². The molecule has 4 rings (SSSR count). The maximum Gasteiger partial charge on any atom is 0.324 e. The summed E-state index contributed by atoms with van der Waals surface area (Å²) in [4.78, 5) is 29.2. The van der Waals surface area contributed by atoms with Crippen molar-refractivity contribution in [2.75, 3.05) is 24.4 Å². The van der Waals surface area contributed by atoms with Crippen LogP contribution in [-0.4, -0.2) is 40.3 Å². The fourth-order valence-corrected chi connectivity index (χ4v) is 4.24. The monoisotopic (exact) mass is 586 g/mol. The van der Waals surface area contributed by atoms with Gasteiger partial charge in [-0.15, -0.1) is 0 Å². The maximum atomic E-state index is 13.1. The number of Topliss-reactive ketones (excluding diaryl/α,β-unsaturated/α-hetero) is 1. The summed E-state index contributed by atoms with van der Waals surface area (Å²) in [6, 6.07) is 17.4. The molecular weight excluding hydrogens is 556 g/mol. The Morgan fingerprint density at radius 3 is 2.48 bits per heavy atom. The van der Waals surface area contributed by atoms with E-state index in [2.05, 4.69) is 15.6 Å². The number of aromatic nitrogens is 3. The Bertz CT molecular complexity index is 1650. The summed E-state index contributed by atoms with van der Waals surface area (Å²) in [6.07, 6.45) is 1.58. The molecule has 0 unspecified atom stereocenters. The van der Waals surface area contributed by atoms with Crippen LogP contribution < -0.4 is 15.4 Å². The first-order valence-electron chi connectivity index (χ1n) is 13.1. The van der Waals surface area contributed by atoms with Gasteiger partial charge >= 0.3 is 6.03 Å². The average Bonchev–Trinajstić information content (AvgIpc) is 3.35. The summed E-state index contributed by atoms with van der Waals surface area (Å²) in [7, 11) is 1.45. The van der Waals surface area contributed by atoms with Crippen molar-refractivity contribution in [2.24, 2.45) is 0 Å². The van der Waals surface area contributed by atoms with Gasteiger partial charge in [-0.1, -0.05) is 50.1 Å². The Morgan fingerprint density at radius 2 is 1.81 bits per heavy atom. The maximum absolute atomic E-state index is 13.1. The first-order valence-corrected chi connectivity index (χ1v) is 13.5. The number of hydrogen-bond acceptors (Lipinski definition) is 7. The van der Waals surface area contributed by atoms with Crippen LogP contribution in [0.4, 0.5) is 16.3 Å². The van der Waals surface area contributed by atoms with E-state index < -0.39 is 6.03 Å². The SMILES string of the molecule is COCC(=O)Cc1cc(Oc2ccc(NC(=O)Nc3cc(C(C)(C)C)nn3-c3ccc(C)cc3)c(Cl)c2C#N)ccn1. The van der Waals surface area contributed by atoms with E-state index >= 15 is 0 Å². The van der Waals surface area contributed by atoms with Crippen molar-refractivity contribution in [3.8, 4) is 23.3 Å². The van der Waals surface area contributed by atoms with Crippen LogP contribution in [0.15, 0.2) is 60.8 Å². The van der Waals surface area contributed by atoms with E-state index in [-0.39, 0.29) is 46.2 Å². The van der Waals surface area contributed by atoms with Gasteiger partial charge in [0, 0.05) is 30.9 Å². The molecule has 0 aliphatic heterocycles. The number of ether oxygens (including phenoxy) is 2. The zero-order chi connectivity index (χ0) is 30.4. The lowest BCUT2D eigenvalue weighted by atomic mass is 9.92. The number of aryl methyl sites for hydroxylation is 1. The summed E-state index contributed by atoms with van der Waals surface area (Å²) >= 11 is 6.53. The minimum atomic E-state index is -0.567. The number of ketones is 1. The van der Waals surface area contributed by atoms with Crippen LogP contribution in [0.3, 0.4) is 0 Å². The van der Waals surface area contributed by atoms with Crippen LogP contribution in [0.25, 0.3) is 5.69 Å². The van der Waals surface area contributed by atoms with E-state index in [9.17, 15) is 14.9 Å². The van der Waals surface area contributed by atoms with E-state index in [1.54, 1.807) is 22.9 Å². The quantitative estimate of drug-likeness (QED) is 0.226. The smallest absolute Gasteiger partial charge is 0.324 e. The minimum Gasteiger partial charge on any atom is -0.456 e. The number of urea groups is 1. The molecule has 42 heavy (non-hydrogen) atoms. The Labute approximate surface area is 249 Å². The molecule has 2 aromatic carbocycles. The van der Waals surface area contributed by atoms with Crippen molar-refractivity contribution in [3.63, 3.8) is 0 Å². The molecule has 2 heterocycles. The predicted molar refractivity (Wildman–Crippen MR) is 161 cm³/mol. The molecule has 11 heteroatoms. The minimum absolute atomic E-state index is 0.0112. The molecule has 2 amide bonds. The molecule has 0 radical (unpaired) electrons. The van der Waals surface area contributed by atoms with Gasteiger partial charge in [-0.3, -0.25) is 15.1 Å². The number of methoxy groups -OCH3 is 1. The molecule has 0 fully saturated rings. The fraction of sp³-hybridized carbons (Fsp3) is 0.258. The van der Waals surface area contributed by atoms with Gasteiger partial charge < -0.3 is 14.8 Å². The number of hydrogen-bond donors (Lipinski definition) is 2. The van der Waals surface area contributed by atoms with Crippen LogP contribution in [0.2, 0.25) is 5.02 Å². The summed E-state index contributed by atoms with van der Waals surface area (Å²) in [6.45, 7) is 8.10. The first-order chi connectivity index (χ1) is 20.0. The van der Waals surface area contributed by atoms with Gasteiger partial charge in [0.2, 0.25) is 0 Å². The van der Waals surface area contributed by atoms with Crippen molar-refractivity contribution in [3.05, 3.63) is 88.3 Å². The number of pyridine rings is 1. The Balaban J connectivity index is 1.54. The molecule has 0 aliphatic carbocycles. The van der Waals surface area contributed by atoms with Crippen LogP contribution >= 0.6 is 11.6 Å². The van der Waals surface area contributed by atoms with Crippen LogP contribution in [0.1, 0.15) is 43.3 Å². The van der Waals surface area contributed by atoms with Gasteiger partial charge in [0.15, 0.2) is 5.78 Å². The second-order valence-corrected chi connectivity index (χ2v) is 11.0. The third-order valence-corrected chi connectivity index (χ3v) is 6.55. The van der Waals surface area contributed by atoms with Crippen LogP contribution in [0.5, 0.6) is 11.5 Å². The molecule has 4 aromatic rings. The average molecular weight is 587 g/mol. The second-order valence-electron chi connectivity index (χ2n) is 10.6. The van der Waals surface area contributed by atoms with Gasteiger partial charge in [-0.25, -0.2) is 9.48 Å². The standard InChI is InChI=1S/C31H31ClN6O4/c1-19-6-8-21(9-7-19)38-28(16-27(37-38)31(2,3)4)36-30(40)35-25-10-11-26(24(17-33)29(25)32)42-23-12-13-34-20(15-23)14-22(39)18-41-5/h6-13,15-16H,14,18H2,1-5H3,(H2,35,36,40). The van der Waals surface area contributed by atoms with Crippen molar-refractivity contribution < 1.29 is 19.1 Å². The van der Waals surface area contributed by atoms with Crippen molar-refractivity contribution in [2.45, 2.75) is 39.5 Å². The Morgan fingerprint density at radius 1 is 1.07 bits per heavy atom. The number of halogens is 1. The molecule has 2 N–H and O–H groups in total. The molecule has 0 bridgehead atoms. The molecule has 10 nitrogen and oxygen atoms in total. The van der Waals surface area contributed by atoms with Crippen LogP contribution in [0, 0.1) is 18.3 Å². The molecule has 0 atom stereocenters. The fourth-order valence-electron chi connectivity index (χ4n) is 3.99. The number of nitriles is 1. The highest BCUT2D eigenvalue weighted by molar-refractivity contribution is 6.35. The lowest BCUT2D eigenvalue weighted by Gasteiger charge is -2.14. The summed E-state index contributed by atoms with van der Waals surface area (Å²) < 4.78 is 12.4. The van der Waals surface area contributed by atoms with Gasteiger partial charge in [0.05, 0.1) is 34.2 Å². The van der Waals surface area contributed by atoms with Gasteiger partial charge in [0.25, 0.3) is 0 Å². The normalized spacial score (nSPS) is 11.1. The lowest BCUT2D eigenvalue weighted by molar-refractivity contribution is -0.122. The molecule has 0 aliphatic rings. The third kappa shape index (κ3) is 7.32. The zero-order valence-corrected chi connectivity index (χ0v) is 24.7. The molecule has 0 saturated heterocycles. The van der Waals surface area contributed by atoms with Gasteiger partial charge in [0.1, 0.15) is 35.6 Å². The topological polar surface area (TPSA) is 131 Å².